The molecule has 5 nitrogen and oxygen atoms in total. The van der Waals surface area contributed by atoms with Gasteiger partial charge in [-0.25, -0.2) is 4.79 Å². The van der Waals surface area contributed by atoms with Gasteiger partial charge in [-0.15, -0.1) is 0 Å². The number of rotatable bonds is 3. The molecule has 0 radical (unpaired) electrons. The number of carbonyl (C=O) groups excluding carboxylic acids is 2. The first-order valence-corrected chi connectivity index (χ1v) is 6.64. The SMILES string of the molecule is CC(C)(C)OC(=O)N(C[C@H]1CCNC1=O)C1CC1. The van der Waals surface area contributed by atoms with Gasteiger partial charge in [0, 0.05) is 19.1 Å². The van der Waals surface area contributed by atoms with Crippen molar-refractivity contribution in [3.8, 4) is 0 Å². The molecule has 102 valence electrons. The fraction of sp³-hybridized carbons (Fsp3) is 0.846. The number of hydrogen-bond donors (Lipinski definition) is 1. The van der Waals surface area contributed by atoms with Crippen LogP contribution in [0.5, 0.6) is 0 Å². The molecule has 1 aliphatic heterocycles. The third-order valence-corrected chi connectivity index (χ3v) is 3.20. The van der Waals surface area contributed by atoms with Crippen LogP contribution in [0.15, 0.2) is 0 Å². The van der Waals surface area contributed by atoms with E-state index in [1.807, 2.05) is 20.8 Å². The van der Waals surface area contributed by atoms with E-state index in [2.05, 4.69) is 5.32 Å². The lowest BCUT2D eigenvalue weighted by atomic mass is 10.1. The number of hydrogen-bond acceptors (Lipinski definition) is 3. The highest BCUT2D eigenvalue weighted by Gasteiger charge is 2.38. The lowest BCUT2D eigenvalue weighted by Crippen LogP contribution is -2.42. The summed E-state index contributed by atoms with van der Waals surface area (Å²) in [5.41, 5.74) is -0.484. The van der Waals surface area contributed by atoms with Crippen molar-refractivity contribution >= 4 is 12.0 Å². The second-order valence-corrected chi connectivity index (χ2v) is 6.14. The van der Waals surface area contributed by atoms with E-state index in [4.69, 9.17) is 4.74 Å². The second-order valence-electron chi connectivity index (χ2n) is 6.14. The quantitative estimate of drug-likeness (QED) is 0.830. The lowest BCUT2D eigenvalue weighted by Gasteiger charge is -2.28. The predicted octanol–water partition coefficient (Wildman–Crippen LogP) is 1.52. The van der Waals surface area contributed by atoms with Gasteiger partial charge in [0.2, 0.25) is 5.91 Å². The topological polar surface area (TPSA) is 58.6 Å². The van der Waals surface area contributed by atoms with Crippen molar-refractivity contribution in [2.45, 2.75) is 51.7 Å². The minimum absolute atomic E-state index is 0.0595. The standard InChI is InChI=1S/C13H22N2O3/c1-13(2,3)18-12(17)15(10-4-5-10)8-9-6-7-14-11(9)16/h9-10H,4-8H2,1-3H3,(H,14,16)/t9-/m1/s1. The van der Waals surface area contributed by atoms with Crippen molar-refractivity contribution < 1.29 is 14.3 Å². The molecule has 0 spiro atoms. The summed E-state index contributed by atoms with van der Waals surface area (Å²) < 4.78 is 5.40. The number of amides is 2. The van der Waals surface area contributed by atoms with E-state index in [1.165, 1.54) is 0 Å². The van der Waals surface area contributed by atoms with Crippen LogP contribution >= 0.6 is 0 Å². The Hall–Kier alpha value is -1.26. The Morgan fingerprint density at radius 2 is 2.06 bits per heavy atom. The normalized spacial score (nSPS) is 23.7. The maximum Gasteiger partial charge on any atom is 0.410 e. The van der Waals surface area contributed by atoms with Gasteiger partial charge in [-0.05, 0) is 40.0 Å². The smallest absolute Gasteiger partial charge is 0.410 e. The van der Waals surface area contributed by atoms with Crippen LogP contribution in [0.3, 0.4) is 0 Å². The molecule has 1 N–H and O–H groups in total. The van der Waals surface area contributed by atoms with Crippen molar-refractivity contribution in [1.29, 1.82) is 0 Å². The molecule has 1 heterocycles. The van der Waals surface area contributed by atoms with Gasteiger partial charge in [0.1, 0.15) is 5.60 Å². The Bertz CT molecular complexity index is 345. The molecule has 2 rings (SSSR count). The highest BCUT2D eigenvalue weighted by molar-refractivity contribution is 5.81. The van der Waals surface area contributed by atoms with E-state index < -0.39 is 5.60 Å². The molecule has 2 fully saturated rings. The molecule has 18 heavy (non-hydrogen) atoms. The van der Waals surface area contributed by atoms with Gasteiger partial charge >= 0.3 is 6.09 Å². The molecule has 2 amide bonds. The fourth-order valence-electron chi connectivity index (χ4n) is 2.14. The van der Waals surface area contributed by atoms with Crippen LogP contribution in [0, 0.1) is 5.92 Å². The van der Waals surface area contributed by atoms with Crippen LogP contribution in [0.2, 0.25) is 0 Å². The van der Waals surface area contributed by atoms with Gasteiger partial charge < -0.3 is 15.0 Å². The van der Waals surface area contributed by atoms with Crippen LogP contribution < -0.4 is 5.32 Å². The summed E-state index contributed by atoms with van der Waals surface area (Å²) in [6.45, 7) is 6.79. The lowest BCUT2D eigenvalue weighted by molar-refractivity contribution is -0.122. The first-order chi connectivity index (χ1) is 8.37. The van der Waals surface area contributed by atoms with Crippen molar-refractivity contribution in [1.82, 2.24) is 10.2 Å². The Labute approximate surface area is 108 Å². The van der Waals surface area contributed by atoms with Crippen molar-refractivity contribution in [3.63, 3.8) is 0 Å². The van der Waals surface area contributed by atoms with Crippen LogP contribution in [-0.2, 0) is 9.53 Å². The fourth-order valence-corrected chi connectivity index (χ4v) is 2.14. The van der Waals surface area contributed by atoms with Crippen molar-refractivity contribution in [3.05, 3.63) is 0 Å². The summed E-state index contributed by atoms with van der Waals surface area (Å²) >= 11 is 0. The third kappa shape index (κ3) is 3.37. The summed E-state index contributed by atoms with van der Waals surface area (Å²) in [5, 5.41) is 2.80. The molecular weight excluding hydrogens is 232 g/mol. The Kier molecular flexibility index (Phi) is 3.50. The zero-order valence-electron chi connectivity index (χ0n) is 11.4. The Morgan fingerprint density at radius 3 is 2.50 bits per heavy atom. The number of carbonyl (C=O) groups is 2. The average molecular weight is 254 g/mol. The summed E-state index contributed by atoms with van der Waals surface area (Å²) in [6.07, 6.45) is 2.57. The molecule has 0 aromatic rings. The van der Waals surface area contributed by atoms with Gasteiger partial charge in [-0.1, -0.05) is 0 Å². The van der Waals surface area contributed by atoms with Crippen molar-refractivity contribution in [2.24, 2.45) is 5.92 Å². The molecule has 1 saturated heterocycles. The molecule has 2 aliphatic rings. The predicted molar refractivity (Wildman–Crippen MR) is 67.1 cm³/mol. The first kappa shape index (κ1) is 13.2. The molecule has 1 saturated carbocycles. The van der Waals surface area contributed by atoms with Crippen LogP contribution in [0.25, 0.3) is 0 Å². The summed E-state index contributed by atoms with van der Waals surface area (Å²) in [6, 6.07) is 0.272. The number of nitrogens with zero attached hydrogens (tertiary/aromatic N) is 1. The van der Waals surface area contributed by atoms with E-state index in [-0.39, 0.29) is 24.0 Å². The molecular formula is C13H22N2O3. The van der Waals surface area contributed by atoms with Gasteiger partial charge in [-0.3, -0.25) is 4.79 Å². The highest BCUT2D eigenvalue weighted by Crippen LogP contribution is 2.30. The first-order valence-electron chi connectivity index (χ1n) is 6.64. The minimum atomic E-state index is -0.484. The van der Waals surface area contributed by atoms with Crippen LogP contribution in [0.1, 0.15) is 40.0 Å². The van der Waals surface area contributed by atoms with E-state index >= 15 is 0 Å². The zero-order chi connectivity index (χ0) is 13.3. The maximum absolute atomic E-state index is 12.1. The van der Waals surface area contributed by atoms with Gasteiger partial charge in [0.25, 0.3) is 0 Å². The summed E-state index contributed by atoms with van der Waals surface area (Å²) in [7, 11) is 0. The van der Waals surface area contributed by atoms with E-state index in [0.717, 1.165) is 25.8 Å². The zero-order valence-corrected chi connectivity index (χ0v) is 11.4. The van der Waals surface area contributed by atoms with Crippen LogP contribution in [-0.4, -0.2) is 41.6 Å². The molecule has 0 unspecified atom stereocenters. The highest BCUT2D eigenvalue weighted by atomic mass is 16.6. The van der Waals surface area contributed by atoms with E-state index in [0.29, 0.717) is 6.54 Å². The Morgan fingerprint density at radius 1 is 1.39 bits per heavy atom. The largest absolute Gasteiger partial charge is 0.444 e. The monoisotopic (exact) mass is 254 g/mol. The van der Waals surface area contributed by atoms with Crippen molar-refractivity contribution in [2.75, 3.05) is 13.1 Å². The molecule has 5 heteroatoms. The molecule has 0 aromatic carbocycles. The van der Waals surface area contributed by atoms with Gasteiger partial charge in [0.05, 0.1) is 5.92 Å². The molecule has 0 aromatic heterocycles. The second kappa shape index (κ2) is 4.78. The summed E-state index contributed by atoms with van der Waals surface area (Å²) in [5.74, 6) is -0.0117. The summed E-state index contributed by atoms with van der Waals surface area (Å²) in [4.78, 5) is 25.4. The molecule has 1 atom stereocenters. The average Bonchev–Trinajstić information content (AvgIpc) is 2.97. The third-order valence-electron chi connectivity index (χ3n) is 3.20. The number of nitrogens with one attached hydrogen (secondary N) is 1. The molecule has 0 bridgehead atoms. The van der Waals surface area contributed by atoms with E-state index in [1.54, 1.807) is 4.90 Å². The number of ether oxygens (including phenoxy) is 1. The van der Waals surface area contributed by atoms with Crippen LogP contribution in [0.4, 0.5) is 4.79 Å². The molecule has 1 aliphatic carbocycles. The van der Waals surface area contributed by atoms with E-state index in [9.17, 15) is 9.59 Å². The minimum Gasteiger partial charge on any atom is -0.444 e. The Balaban J connectivity index is 1.95. The van der Waals surface area contributed by atoms with Gasteiger partial charge in [0.15, 0.2) is 0 Å². The van der Waals surface area contributed by atoms with Gasteiger partial charge in [-0.2, -0.15) is 0 Å². The maximum atomic E-state index is 12.1.